The molecule has 1 saturated heterocycles. The smallest absolute Gasteiger partial charge is 0.0735 e. The summed E-state index contributed by atoms with van der Waals surface area (Å²) in [6.45, 7) is 6.76. The van der Waals surface area contributed by atoms with Crippen molar-refractivity contribution in [3.8, 4) is 0 Å². The largest absolute Gasteiger partial charge is 0.330 e. The molecule has 0 aliphatic carbocycles. The van der Waals surface area contributed by atoms with Gasteiger partial charge < -0.3 is 4.90 Å². The number of aliphatic imine (C=N–C) groups is 1. The Bertz CT molecular complexity index is 566. The van der Waals surface area contributed by atoms with E-state index < -0.39 is 0 Å². The minimum atomic E-state index is 0.610. The van der Waals surface area contributed by atoms with Crippen LogP contribution in [0.2, 0.25) is 0 Å². The maximum Gasteiger partial charge on any atom is 0.0735 e. The lowest BCUT2D eigenvalue weighted by molar-refractivity contribution is 0.717. The average molecular weight is 268 g/mol. The number of hydrogen-bond acceptors (Lipinski definition) is 2. The van der Waals surface area contributed by atoms with Gasteiger partial charge in [0.05, 0.1) is 17.4 Å². The van der Waals surface area contributed by atoms with E-state index in [0.29, 0.717) is 5.92 Å². The molecule has 106 valence electrons. The summed E-state index contributed by atoms with van der Waals surface area (Å²) >= 11 is 0. The highest BCUT2D eigenvalue weighted by molar-refractivity contribution is 5.89. The Hall–Kier alpha value is -1.57. The molecule has 0 bridgehead atoms. The maximum atomic E-state index is 4.46. The molecule has 0 amide bonds. The number of aryl methyl sites for hydroxylation is 1. The molecule has 0 unspecified atom stereocenters. The van der Waals surface area contributed by atoms with Gasteiger partial charge in [0, 0.05) is 18.3 Å². The highest BCUT2D eigenvalue weighted by Gasteiger charge is 2.56. The first-order valence-corrected chi connectivity index (χ1v) is 7.75. The fourth-order valence-corrected chi connectivity index (χ4v) is 3.02. The predicted molar refractivity (Wildman–Crippen MR) is 85.8 cm³/mol. The molecule has 2 nitrogen and oxygen atoms in total. The van der Waals surface area contributed by atoms with Gasteiger partial charge in [0.1, 0.15) is 0 Å². The van der Waals surface area contributed by atoms with E-state index in [1.165, 1.54) is 29.0 Å². The first-order chi connectivity index (χ1) is 9.67. The summed E-state index contributed by atoms with van der Waals surface area (Å²) in [5, 5.41) is 0. The molecule has 1 aromatic carbocycles. The second-order valence-corrected chi connectivity index (χ2v) is 6.00. The van der Waals surface area contributed by atoms with Gasteiger partial charge in [-0.3, -0.25) is 4.99 Å². The van der Waals surface area contributed by atoms with E-state index in [9.17, 15) is 0 Å². The van der Waals surface area contributed by atoms with E-state index in [1.54, 1.807) is 5.70 Å². The number of benzene rings is 1. The Morgan fingerprint density at radius 3 is 2.45 bits per heavy atom. The van der Waals surface area contributed by atoms with Crippen molar-refractivity contribution in [1.82, 2.24) is 4.90 Å². The van der Waals surface area contributed by atoms with Crippen molar-refractivity contribution in [3.05, 3.63) is 41.1 Å². The van der Waals surface area contributed by atoms with Crippen LogP contribution in [0.3, 0.4) is 0 Å². The van der Waals surface area contributed by atoms with Crippen molar-refractivity contribution < 1.29 is 0 Å². The summed E-state index contributed by atoms with van der Waals surface area (Å²) in [5.74, 6) is 0.610. The summed E-state index contributed by atoms with van der Waals surface area (Å²) in [5.41, 5.74) is 7.17. The second kappa shape index (κ2) is 5.08. The molecule has 0 aromatic heterocycles. The molecule has 20 heavy (non-hydrogen) atoms. The third-order valence-corrected chi connectivity index (χ3v) is 4.77. The van der Waals surface area contributed by atoms with Gasteiger partial charge >= 0.3 is 0 Å². The zero-order chi connectivity index (χ0) is 14.3. The topological polar surface area (TPSA) is 15.4 Å². The van der Waals surface area contributed by atoms with Gasteiger partial charge in [0.25, 0.3) is 0 Å². The van der Waals surface area contributed by atoms with Gasteiger partial charge in [0.2, 0.25) is 0 Å². The zero-order valence-electron chi connectivity index (χ0n) is 13.0. The second-order valence-electron chi connectivity index (χ2n) is 6.00. The normalized spacial score (nSPS) is 21.9. The molecule has 0 saturated carbocycles. The highest BCUT2D eigenvalue weighted by atomic mass is 15.5. The summed E-state index contributed by atoms with van der Waals surface area (Å²) in [4.78, 5) is 6.86. The molecular weight excluding hydrogens is 244 g/mol. The van der Waals surface area contributed by atoms with Crippen molar-refractivity contribution >= 4 is 11.4 Å². The van der Waals surface area contributed by atoms with Crippen molar-refractivity contribution in [1.29, 1.82) is 0 Å². The van der Waals surface area contributed by atoms with Gasteiger partial charge in [-0.15, -0.1) is 0 Å². The van der Waals surface area contributed by atoms with Crippen molar-refractivity contribution in [3.63, 3.8) is 0 Å². The number of nitrogens with zero attached hydrogens (tertiary/aromatic N) is 2. The Morgan fingerprint density at radius 1 is 1.30 bits per heavy atom. The van der Waals surface area contributed by atoms with E-state index >= 15 is 0 Å². The summed E-state index contributed by atoms with van der Waals surface area (Å²) < 4.78 is 0. The summed E-state index contributed by atoms with van der Waals surface area (Å²) in [6.07, 6.45) is 3.36. The minimum absolute atomic E-state index is 0.610. The predicted octanol–water partition coefficient (Wildman–Crippen LogP) is 4.12. The standard InChI is InChI=1S/C18H24N2/c1-5-12(2)16(19-4)11-8-14-6-9-15(10-7-14)18-17-13(3)20(17)18/h6-7,9-10,12-13H,5,8,11H2,1-4H3/t12-,13-,20?/m1/s1. The van der Waals surface area contributed by atoms with Gasteiger partial charge in [-0.05, 0) is 37.7 Å². The number of fused-ring (bicyclic) bond motifs is 1. The number of hydrogen-bond donors (Lipinski definition) is 0. The van der Waals surface area contributed by atoms with Crippen LogP contribution in [0.1, 0.15) is 44.7 Å². The van der Waals surface area contributed by atoms with Crippen molar-refractivity contribution in [2.45, 2.75) is 46.1 Å². The first kappa shape index (κ1) is 13.4. The molecule has 2 atom stereocenters. The van der Waals surface area contributed by atoms with Crippen LogP contribution in [-0.2, 0) is 6.42 Å². The third-order valence-electron chi connectivity index (χ3n) is 4.77. The number of rotatable bonds is 6. The van der Waals surface area contributed by atoms with E-state index in [4.69, 9.17) is 0 Å². The Morgan fingerprint density at radius 2 is 1.95 bits per heavy atom. The molecule has 0 N–H and O–H groups in total. The van der Waals surface area contributed by atoms with Gasteiger partial charge in [-0.25, -0.2) is 0 Å². The van der Waals surface area contributed by atoms with Crippen molar-refractivity contribution in [2.24, 2.45) is 10.9 Å². The lowest BCUT2D eigenvalue weighted by atomic mass is 9.96. The molecule has 2 heteroatoms. The zero-order valence-corrected chi connectivity index (χ0v) is 13.0. The Balaban J connectivity index is 1.58. The lowest BCUT2D eigenvalue weighted by Crippen LogP contribution is -2.11. The SMILES string of the molecule is CC[C@@H](C)C(CCc1ccc(C2=C3[C@@H](C)N23)cc1)=NC. The Labute approximate surface area is 122 Å². The molecule has 2 heterocycles. The highest BCUT2D eigenvalue weighted by Crippen LogP contribution is 2.59. The van der Waals surface area contributed by atoms with Crippen LogP contribution < -0.4 is 0 Å². The van der Waals surface area contributed by atoms with E-state index in [0.717, 1.165) is 18.9 Å². The van der Waals surface area contributed by atoms with Gasteiger partial charge in [-0.1, -0.05) is 38.1 Å². The van der Waals surface area contributed by atoms with E-state index in [-0.39, 0.29) is 0 Å². The molecule has 1 aromatic rings. The first-order valence-electron chi connectivity index (χ1n) is 7.75. The summed E-state index contributed by atoms with van der Waals surface area (Å²) in [6, 6.07) is 9.81. The fourth-order valence-electron chi connectivity index (χ4n) is 3.02. The fraction of sp³-hybridized carbons (Fsp3) is 0.500. The molecule has 0 spiro atoms. The van der Waals surface area contributed by atoms with Crippen molar-refractivity contribution in [2.75, 3.05) is 7.05 Å². The van der Waals surface area contributed by atoms with Gasteiger partial charge in [0.15, 0.2) is 0 Å². The molecule has 3 rings (SSSR count). The summed E-state index contributed by atoms with van der Waals surface area (Å²) in [7, 11) is 1.92. The van der Waals surface area contributed by atoms with Crippen LogP contribution in [0.5, 0.6) is 0 Å². The van der Waals surface area contributed by atoms with Crippen LogP contribution in [0.15, 0.2) is 35.0 Å². The van der Waals surface area contributed by atoms with E-state index in [1.807, 2.05) is 7.05 Å². The van der Waals surface area contributed by atoms with Crippen LogP contribution in [0, 0.1) is 5.92 Å². The van der Waals surface area contributed by atoms with Crippen LogP contribution in [-0.4, -0.2) is 23.7 Å². The lowest BCUT2D eigenvalue weighted by Gasteiger charge is -2.12. The third kappa shape index (κ3) is 2.28. The van der Waals surface area contributed by atoms with Crippen LogP contribution in [0.25, 0.3) is 5.70 Å². The molecule has 2 aliphatic rings. The van der Waals surface area contributed by atoms with Gasteiger partial charge in [-0.2, -0.15) is 0 Å². The van der Waals surface area contributed by atoms with Crippen LogP contribution in [0.4, 0.5) is 0 Å². The maximum absolute atomic E-state index is 4.46. The molecular formula is C18H24N2. The minimum Gasteiger partial charge on any atom is -0.330 e. The quantitative estimate of drug-likeness (QED) is 0.559. The Kier molecular flexibility index (Phi) is 3.41. The van der Waals surface area contributed by atoms with E-state index in [2.05, 4.69) is 54.9 Å². The molecule has 0 radical (unpaired) electrons. The van der Waals surface area contributed by atoms with Crippen LogP contribution >= 0.6 is 0 Å². The molecule has 2 aliphatic heterocycles. The monoisotopic (exact) mass is 268 g/mol. The average Bonchev–Trinajstić information content (AvgIpc) is 3.37. The molecule has 1 fully saturated rings.